The minimum atomic E-state index is -1.35. The maximum absolute atomic E-state index is 12.4. The first-order chi connectivity index (χ1) is 14.8. The van der Waals surface area contributed by atoms with Gasteiger partial charge in [-0.2, -0.15) is 0 Å². The summed E-state index contributed by atoms with van der Waals surface area (Å²) in [5, 5.41) is 11.2. The van der Waals surface area contributed by atoms with Crippen molar-refractivity contribution in [2.45, 2.75) is 57.0 Å². The first-order valence-corrected chi connectivity index (χ1v) is 10.9. The number of hydrogen-bond acceptors (Lipinski definition) is 6. The van der Waals surface area contributed by atoms with Gasteiger partial charge in [0.15, 0.2) is 11.5 Å². The molecule has 6 nitrogen and oxygen atoms in total. The Balaban J connectivity index is 1.93. The zero-order valence-electron chi connectivity index (χ0n) is 18.4. The van der Waals surface area contributed by atoms with Gasteiger partial charge >= 0.3 is 5.97 Å². The molecule has 0 aromatic heterocycles. The molecule has 1 aliphatic carbocycles. The van der Waals surface area contributed by atoms with Gasteiger partial charge in [-0.05, 0) is 62.3 Å². The summed E-state index contributed by atoms with van der Waals surface area (Å²) in [4.78, 5) is 23.6. The Labute approximate surface area is 188 Å². The van der Waals surface area contributed by atoms with E-state index in [0.29, 0.717) is 49.2 Å². The van der Waals surface area contributed by atoms with Crippen molar-refractivity contribution in [2.75, 3.05) is 21.3 Å². The maximum atomic E-state index is 12.4. The highest BCUT2D eigenvalue weighted by Gasteiger charge is 2.40. The van der Waals surface area contributed by atoms with Gasteiger partial charge in [0.1, 0.15) is 5.60 Å². The highest BCUT2D eigenvalue weighted by atomic mass is 35.5. The van der Waals surface area contributed by atoms with Crippen LogP contribution in [0.5, 0.6) is 11.5 Å². The van der Waals surface area contributed by atoms with Gasteiger partial charge in [-0.25, -0.2) is 0 Å². The Hall–Kier alpha value is -2.31. The third-order valence-electron chi connectivity index (χ3n) is 5.43. The average molecular weight is 451 g/mol. The van der Waals surface area contributed by atoms with E-state index in [2.05, 4.69) is 4.74 Å². The number of halogens is 1. The lowest BCUT2D eigenvalue weighted by molar-refractivity contribution is -0.140. The van der Waals surface area contributed by atoms with Gasteiger partial charge in [-0.1, -0.05) is 30.2 Å². The summed E-state index contributed by atoms with van der Waals surface area (Å²) < 4.78 is 15.2. The largest absolute Gasteiger partial charge is 0.493 e. The van der Waals surface area contributed by atoms with E-state index >= 15 is 0 Å². The van der Waals surface area contributed by atoms with Gasteiger partial charge in [0.25, 0.3) is 0 Å². The molecule has 1 N–H and O–H groups in total. The topological polar surface area (TPSA) is 82.1 Å². The number of aryl methyl sites for hydroxylation is 1. The molecule has 31 heavy (non-hydrogen) atoms. The number of hydrogen-bond donors (Lipinski definition) is 1. The predicted octanol–water partition coefficient (Wildman–Crippen LogP) is 4.51. The number of unbranched alkanes of at least 4 members (excludes halogenated alkanes) is 3. The van der Waals surface area contributed by atoms with Crippen molar-refractivity contribution in [1.29, 1.82) is 0 Å². The minimum absolute atomic E-state index is 0.0607. The van der Waals surface area contributed by atoms with Crippen LogP contribution in [0.4, 0.5) is 0 Å². The van der Waals surface area contributed by atoms with Gasteiger partial charge in [0.05, 0.1) is 26.4 Å². The Bertz CT molecular complexity index is 844. The fraction of sp³-hybridized carbons (Fsp3) is 0.500. The number of Topliss-reactive ketones (excluding diaryl/α,β-unsaturated/α-hetero) is 1. The van der Waals surface area contributed by atoms with Crippen molar-refractivity contribution < 1.29 is 28.9 Å². The number of benzene rings is 1. The standard InChI is InChI=1S/C24H31ClO6/c1-29-20-13-12-17(15-21(20)30-2)9-8-14-24(28)16-19(25)23(27)18(24)10-6-4-5-7-11-22(26)31-3/h10,12-13,15-16,28H,4-9,11,14H2,1-3H3. The molecule has 0 bridgehead atoms. The molecule has 1 aromatic rings. The summed E-state index contributed by atoms with van der Waals surface area (Å²) in [5.41, 5.74) is 0.0473. The molecule has 0 aliphatic heterocycles. The quantitative estimate of drug-likeness (QED) is 0.286. The number of ketones is 1. The van der Waals surface area contributed by atoms with Crippen LogP contribution < -0.4 is 9.47 Å². The van der Waals surface area contributed by atoms with E-state index in [1.54, 1.807) is 20.3 Å². The number of aliphatic hydroxyl groups is 1. The monoisotopic (exact) mass is 450 g/mol. The molecule has 1 aliphatic rings. The minimum Gasteiger partial charge on any atom is -0.493 e. The van der Waals surface area contributed by atoms with Gasteiger partial charge in [0.2, 0.25) is 5.78 Å². The molecule has 0 amide bonds. The summed E-state index contributed by atoms with van der Waals surface area (Å²) in [6, 6.07) is 5.72. The van der Waals surface area contributed by atoms with Gasteiger partial charge in [0, 0.05) is 12.0 Å². The first kappa shape index (κ1) is 25.0. The first-order valence-electron chi connectivity index (χ1n) is 10.5. The van der Waals surface area contributed by atoms with Crippen LogP contribution in [0.1, 0.15) is 50.5 Å². The van der Waals surface area contributed by atoms with Crippen LogP contribution in [0, 0.1) is 0 Å². The summed E-state index contributed by atoms with van der Waals surface area (Å²) in [7, 11) is 4.56. The van der Waals surface area contributed by atoms with E-state index in [9.17, 15) is 14.7 Å². The summed E-state index contributed by atoms with van der Waals surface area (Å²) >= 11 is 6.05. The summed E-state index contributed by atoms with van der Waals surface area (Å²) in [5.74, 6) is 0.789. The molecule has 0 saturated carbocycles. The molecule has 1 unspecified atom stereocenters. The molecule has 1 aromatic carbocycles. The van der Waals surface area contributed by atoms with Gasteiger partial charge < -0.3 is 19.3 Å². The SMILES string of the molecule is COC(=O)CCCCCC=C1C(=O)C(Cl)=CC1(O)CCCc1ccc(OC)c(OC)c1. The molecule has 0 saturated heterocycles. The second-order valence-electron chi connectivity index (χ2n) is 7.58. The molecule has 0 fully saturated rings. The lowest BCUT2D eigenvalue weighted by Crippen LogP contribution is -2.28. The van der Waals surface area contributed by atoms with Crippen LogP contribution in [0.15, 0.2) is 41.0 Å². The average Bonchev–Trinajstić information content (AvgIpc) is 2.98. The second kappa shape index (κ2) is 11.9. The molecule has 1 atom stereocenters. The van der Waals surface area contributed by atoms with Crippen molar-refractivity contribution in [3.8, 4) is 11.5 Å². The van der Waals surface area contributed by atoms with E-state index in [1.807, 2.05) is 18.2 Å². The van der Waals surface area contributed by atoms with E-state index in [1.165, 1.54) is 13.2 Å². The molecular weight excluding hydrogens is 420 g/mol. The van der Waals surface area contributed by atoms with E-state index in [-0.39, 0.29) is 16.8 Å². The number of carbonyl (C=O) groups is 2. The van der Waals surface area contributed by atoms with Crippen molar-refractivity contribution in [3.63, 3.8) is 0 Å². The number of ether oxygens (including phenoxy) is 3. The number of allylic oxidation sites excluding steroid dienone is 2. The Kier molecular flexibility index (Phi) is 9.59. The fourth-order valence-corrected chi connectivity index (χ4v) is 3.97. The number of methoxy groups -OCH3 is 3. The lowest BCUT2D eigenvalue weighted by atomic mass is 9.89. The molecule has 7 heteroatoms. The Morgan fingerprint density at radius 2 is 1.84 bits per heavy atom. The highest BCUT2D eigenvalue weighted by molar-refractivity contribution is 6.46. The second-order valence-corrected chi connectivity index (χ2v) is 7.99. The summed E-state index contributed by atoms with van der Waals surface area (Å²) in [6.45, 7) is 0. The number of esters is 1. The highest BCUT2D eigenvalue weighted by Crippen LogP contribution is 2.37. The van der Waals surface area contributed by atoms with Crippen LogP contribution >= 0.6 is 11.6 Å². The van der Waals surface area contributed by atoms with E-state index in [4.69, 9.17) is 21.1 Å². The van der Waals surface area contributed by atoms with Gasteiger partial charge in [-0.3, -0.25) is 9.59 Å². The molecule has 170 valence electrons. The maximum Gasteiger partial charge on any atom is 0.305 e. The summed E-state index contributed by atoms with van der Waals surface area (Å²) in [6.07, 6.45) is 8.41. The van der Waals surface area contributed by atoms with Crippen LogP contribution in [-0.2, 0) is 20.7 Å². The van der Waals surface area contributed by atoms with Crippen molar-refractivity contribution in [1.82, 2.24) is 0 Å². The van der Waals surface area contributed by atoms with Gasteiger partial charge in [-0.15, -0.1) is 0 Å². The van der Waals surface area contributed by atoms with E-state index in [0.717, 1.165) is 24.8 Å². The van der Waals surface area contributed by atoms with Crippen LogP contribution in [0.25, 0.3) is 0 Å². The smallest absolute Gasteiger partial charge is 0.305 e. The lowest BCUT2D eigenvalue weighted by Gasteiger charge is -2.22. The number of carbonyl (C=O) groups excluding carboxylic acids is 2. The predicted molar refractivity (Wildman–Crippen MR) is 120 cm³/mol. The fourth-order valence-electron chi connectivity index (χ4n) is 3.69. The van der Waals surface area contributed by atoms with Crippen LogP contribution in [0.3, 0.4) is 0 Å². The molecular formula is C24H31ClO6. The molecule has 0 heterocycles. The zero-order chi connectivity index (χ0) is 22.9. The Morgan fingerprint density at radius 3 is 2.52 bits per heavy atom. The van der Waals surface area contributed by atoms with E-state index < -0.39 is 5.60 Å². The zero-order valence-corrected chi connectivity index (χ0v) is 19.2. The van der Waals surface area contributed by atoms with Crippen molar-refractivity contribution in [2.24, 2.45) is 0 Å². The normalized spacial score (nSPS) is 19.5. The molecule has 2 rings (SSSR count). The third kappa shape index (κ3) is 6.84. The molecule has 0 radical (unpaired) electrons. The number of rotatable bonds is 12. The Morgan fingerprint density at radius 1 is 1.10 bits per heavy atom. The molecule has 0 spiro atoms. The third-order valence-corrected chi connectivity index (χ3v) is 5.71. The van der Waals surface area contributed by atoms with Crippen LogP contribution in [-0.4, -0.2) is 43.8 Å². The van der Waals surface area contributed by atoms with Crippen LogP contribution in [0.2, 0.25) is 0 Å². The van der Waals surface area contributed by atoms with Crippen molar-refractivity contribution >= 4 is 23.4 Å². The van der Waals surface area contributed by atoms with Crippen molar-refractivity contribution in [3.05, 3.63) is 46.5 Å².